The number of benzene rings is 2. The lowest BCUT2D eigenvalue weighted by Gasteiger charge is -2.15. The summed E-state index contributed by atoms with van der Waals surface area (Å²) in [7, 11) is 0. The van der Waals surface area contributed by atoms with E-state index in [1.54, 1.807) is 0 Å². The molecule has 0 bridgehead atoms. The molecule has 22 heavy (non-hydrogen) atoms. The van der Waals surface area contributed by atoms with Crippen LogP contribution in [-0.2, 0) is 0 Å². The fraction of sp³-hybridized carbons (Fsp3) is 0.235. The predicted octanol–water partition coefficient (Wildman–Crippen LogP) is 4.14. The van der Waals surface area contributed by atoms with Crippen molar-refractivity contribution in [3.8, 4) is 5.75 Å². The van der Waals surface area contributed by atoms with Gasteiger partial charge in [0, 0.05) is 18.0 Å². The molecular weight excluding hydrogens is 300 g/mol. The molecule has 1 fully saturated rings. The summed E-state index contributed by atoms with van der Waals surface area (Å²) in [6, 6.07) is 16.0. The number of ether oxygens (including phenoxy) is 1. The van der Waals surface area contributed by atoms with Gasteiger partial charge in [0.1, 0.15) is 17.4 Å². The van der Waals surface area contributed by atoms with E-state index < -0.39 is 0 Å². The minimum Gasteiger partial charge on any atom is -0.488 e. The summed E-state index contributed by atoms with van der Waals surface area (Å²) < 4.78 is 11.8. The zero-order valence-corrected chi connectivity index (χ0v) is 12.7. The van der Waals surface area contributed by atoms with Crippen molar-refractivity contribution in [2.45, 2.75) is 12.5 Å². The third kappa shape index (κ3) is 2.62. The van der Waals surface area contributed by atoms with Crippen molar-refractivity contribution in [1.29, 1.82) is 0 Å². The monoisotopic (exact) mass is 314 g/mol. The number of oxazole rings is 1. The van der Waals surface area contributed by atoms with Crippen LogP contribution < -0.4 is 9.64 Å². The molecule has 1 aromatic heterocycles. The maximum absolute atomic E-state index is 5.99. The minimum absolute atomic E-state index is 0.119. The smallest absolute Gasteiger partial charge is 0.298 e. The molecule has 5 heteroatoms. The lowest BCUT2D eigenvalue weighted by molar-refractivity contribution is 0.224. The highest BCUT2D eigenvalue weighted by molar-refractivity contribution is 6.30. The Kier molecular flexibility index (Phi) is 3.39. The SMILES string of the molecule is Clc1cccc(OC2CCN(c3nc4ccccc4o3)C2)c1. The van der Waals surface area contributed by atoms with Crippen LogP contribution in [0.1, 0.15) is 6.42 Å². The average Bonchev–Trinajstić information content (AvgIpc) is 3.13. The number of anilines is 1. The van der Waals surface area contributed by atoms with E-state index in [4.69, 9.17) is 20.8 Å². The number of aromatic nitrogens is 1. The normalized spacial score (nSPS) is 18.0. The van der Waals surface area contributed by atoms with E-state index in [9.17, 15) is 0 Å². The fourth-order valence-corrected chi connectivity index (χ4v) is 2.91. The van der Waals surface area contributed by atoms with E-state index in [0.717, 1.165) is 36.4 Å². The summed E-state index contributed by atoms with van der Waals surface area (Å²) in [6.45, 7) is 1.64. The van der Waals surface area contributed by atoms with Crippen LogP contribution in [-0.4, -0.2) is 24.2 Å². The molecule has 0 N–H and O–H groups in total. The first-order chi connectivity index (χ1) is 10.8. The van der Waals surface area contributed by atoms with Gasteiger partial charge in [-0.2, -0.15) is 4.98 Å². The number of halogens is 1. The highest BCUT2D eigenvalue weighted by Crippen LogP contribution is 2.27. The van der Waals surface area contributed by atoms with Gasteiger partial charge in [0.25, 0.3) is 6.01 Å². The van der Waals surface area contributed by atoms with Crippen LogP contribution >= 0.6 is 11.6 Å². The number of fused-ring (bicyclic) bond motifs is 1. The summed E-state index contributed by atoms with van der Waals surface area (Å²) in [5.41, 5.74) is 1.70. The fourth-order valence-electron chi connectivity index (χ4n) is 2.73. The predicted molar refractivity (Wildman–Crippen MR) is 86.7 cm³/mol. The molecule has 1 unspecified atom stereocenters. The molecule has 0 spiro atoms. The van der Waals surface area contributed by atoms with Gasteiger partial charge >= 0.3 is 0 Å². The Balaban J connectivity index is 1.47. The largest absolute Gasteiger partial charge is 0.488 e. The molecule has 0 radical (unpaired) electrons. The topological polar surface area (TPSA) is 38.5 Å². The Bertz CT molecular complexity index is 769. The van der Waals surface area contributed by atoms with Crippen LogP contribution in [0.15, 0.2) is 52.9 Å². The highest BCUT2D eigenvalue weighted by Gasteiger charge is 2.27. The van der Waals surface area contributed by atoms with Crippen LogP contribution in [0.5, 0.6) is 5.75 Å². The summed E-state index contributed by atoms with van der Waals surface area (Å²) in [6.07, 6.45) is 1.05. The first-order valence-corrected chi connectivity index (χ1v) is 7.68. The molecule has 0 saturated carbocycles. The second-order valence-electron chi connectivity index (χ2n) is 5.40. The first-order valence-electron chi connectivity index (χ1n) is 7.31. The number of para-hydroxylation sites is 2. The highest BCUT2D eigenvalue weighted by atomic mass is 35.5. The zero-order valence-electron chi connectivity index (χ0n) is 11.9. The Hall–Kier alpha value is -2.20. The molecule has 0 amide bonds. The van der Waals surface area contributed by atoms with Crippen molar-refractivity contribution >= 4 is 28.7 Å². The van der Waals surface area contributed by atoms with Crippen molar-refractivity contribution < 1.29 is 9.15 Å². The van der Waals surface area contributed by atoms with Gasteiger partial charge in [-0.25, -0.2) is 0 Å². The van der Waals surface area contributed by atoms with Crippen LogP contribution in [0.4, 0.5) is 6.01 Å². The second-order valence-corrected chi connectivity index (χ2v) is 5.83. The van der Waals surface area contributed by atoms with Crippen molar-refractivity contribution in [3.05, 3.63) is 53.6 Å². The maximum Gasteiger partial charge on any atom is 0.298 e. The molecule has 1 aliphatic heterocycles. The summed E-state index contributed by atoms with van der Waals surface area (Å²) in [4.78, 5) is 6.65. The Morgan fingerprint density at radius 3 is 2.95 bits per heavy atom. The molecular formula is C17H15ClN2O2. The Morgan fingerprint density at radius 1 is 1.18 bits per heavy atom. The van der Waals surface area contributed by atoms with Crippen molar-refractivity contribution in [1.82, 2.24) is 4.98 Å². The molecule has 1 atom stereocenters. The molecule has 0 aliphatic carbocycles. The van der Waals surface area contributed by atoms with Crippen molar-refractivity contribution in [2.75, 3.05) is 18.0 Å². The number of nitrogens with zero attached hydrogens (tertiary/aromatic N) is 2. The third-order valence-electron chi connectivity index (χ3n) is 3.80. The van der Waals surface area contributed by atoms with Crippen LogP contribution in [0.25, 0.3) is 11.1 Å². The average molecular weight is 315 g/mol. The first kappa shape index (κ1) is 13.5. The molecule has 3 aromatic rings. The van der Waals surface area contributed by atoms with E-state index in [0.29, 0.717) is 11.0 Å². The van der Waals surface area contributed by atoms with Crippen LogP contribution in [0.3, 0.4) is 0 Å². The summed E-state index contributed by atoms with van der Waals surface area (Å²) in [5.74, 6) is 0.803. The van der Waals surface area contributed by atoms with Gasteiger partial charge in [-0.3, -0.25) is 0 Å². The minimum atomic E-state index is 0.119. The van der Waals surface area contributed by atoms with Crippen molar-refractivity contribution in [2.24, 2.45) is 0 Å². The van der Waals surface area contributed by atoms with E-state index in [2.05, 4.69) is 9.88 Å². The molecule has 112 valence electrons. The molecule has 4 rings (SSSR count). The van der Waals surface area contributed by atoms with Gasteiger partial charge in [-0.05, 0) is 30.3 Å². The van der Waals surface area contributed by atoms with Gasteiger partial charge < -0.3 is 14.1 Å². The lowest BCUT2D eigenvalue weighted by atomic mass is 10.3. The van der Waals surface area contributed by atoms with Gasteiger partial charge in [0.05, 0.1) is 6.54 Å². The number of hydrogen-bond donors (Lipinski definition) is 0. The summed E-state index contributed by atoms with van der Waals surface area (Å²) >= 11 is 5.98. The van der Waals surface area contributed by atoms with E-state index in [-0.39, 0.29) is 6.10 Å². The van der Waals surface area contributed by atoms with Crippen LogP contribution in [0, 0.1) is 0 Å². The van der Waals surface area contributed by atoms with E-state index in [1.165, 1.54) is 0 Å². The van der Waals surface area contributed by atoms with Crippen LogP contribution in [0.2, 0.25) is 5.02 Å². The quantitative estimate of drug-likeness (QED) is 0.728. The van der Waals surface area contributed by atoms with E-state index >= 15 is 0 Å². The van der Waals surface area contributed by atoms with Gasteiger partial charge in [0.2, 0.25) is 0 Å². The number of rotatable bonds is 3. The third-order valence-corrected chi connectivity index (χ3v) is 4.03. The number of hydrogen-bond acceptors (Lipinski definition) is 4. The molecule has 2 heterocycles. The van der Waals surface area contributed by atoms with Gasteiger partial charge in [-0.15, -0.1) is 0 Å². The van der Waals surface area contributed by atoms with Gasteiger partial charge in [-0.1, -0.05) is 29.8 Å². The Morgan fingerprint density at radius 2 is 2.09 bits per heavy atom. The summed E-state index contributed by atoms with van der Waals surface area (Å²) in [5, 5.41) is 0.686. The van der Waals surface area contributed by atoms with Crippen molar-refractivity contribution in [3.63, 3.8) is 0 Å². The molecule has 4 nitrogen and oxygen atoms in total. The lowest BCUT2D eigenvalue weighted by Crippen LogP contribution is -2.24. The zero-order chi connectivity index (χ0) is 14.9. The molecule has 2 aromatic carbocycles. The second kappa shape index (κ2) is 5.54. The standard InChI is InChI=1S/C17H15ClN2O2/c18-12-4-3-5-13(10-12)21-14-8-9-20(11-14)17-19-15-6-1-2-7-16(15)22-17/h1-7,10,14H,8-9,11H2. The van der Waals surface area contributed by atoms with Gasteiger partial charge in [0.15, 0.2) is 5.58 Å². The molecule has 1 aliphatic rings. The van der Waals surface area contributed by atoms with E-state index in [1.807, 2.05) is 48.5 Å². The maximum atomic E-state index is 5.99. The molecule has 1 saturated heterocycles. The Labute approximate surface area is 133 Å².